The van der Waals surface area contributed by atoms with Gasteiger partial charge in [-0.05, 0) is 56.9 Å². The van der Waals surface area contributed by atoms with E-state index in [0.29, 0.717) is 23.8 Å². The van der Waals surface area contributed by atoms with Gasteiger partial charge in [-0.15, -0.1) is 0 Å². The minimum absolute atomic E-state index is 0.572. The summed E-state index contributed by atoms with van der Waals surface area (Å²) in [5.41, 5.74) is 5.07. The first-order valence-electron chi connectivity index (χ1n) is 12.7. The van der Waals surface area contributed by atoms with E-state index in [1.54, 1.807) is 21.3 Å². The van der Waals surface area contributed by atoms with Crippen molar-refractivity contribution in [2.24, 2.45) is 7.05 Å². The smallest absolute Gasteiger partial charge is 0.203 e. The summed E-state index contributed by atoms with van der Waals surface area (Å²) in [6, 6.07) is 14.7. The van der Waals surface area contributed by atoms with Crippen LogP contribution in [0.3, 0.4) is 0 Å². The molecular formula is C29H38N4O3. The van der Waals surface area contributed by atoms with Crippen molar-refractivity contribution < 1.29 is 14.2 Å². The normalized spacial score (nSPS) is 11.5. The summed E-state index contributed by atoms with van der Waals surface area (Å²) in [4.78, 5) is 7.60. The van der Waals surface area contributed by atoms with Gasteiger partial charge in [0.1, 0.15) is 0 Å². The van der Waals surface area contributed by atoms with Crippen LogP contribution in [0.1, 0.15) is 26.0 Å². The van der Waals surface area contributed by atoms with E-state index in [0.717, 1.165) is 55.1 Å². The maximum atomic E-state index is 5.65. The van der Waals surface area contributed by atoms with Crippen LogP contribution in [0.2, 0.25) is 0 Å². The molecule has 192 valence electrons. The lowest BCUT2D eigenvalue weighted by Crippen LogP contribution is -2.27. The summed E-state index contributed by atoms with van der Waals surface area (Å²) >= 11 is 0. The molecule has 0 bridgehead atoms. The van der Waals surface area contributed by atoms with Gasteiger partial charge in [0.15, 0.2) is 11.5 Å². The summed E-state index contributed by atoms with van der Waals surface area (Å²) < 4.78 is 19.1. The number of benzene rings is 2. The molecule has 1 N–H and O–H groups in total. The molecule has 7 nitrogen and oxygen atoms in total. The highest BCUT2D eigenvalue weighted by Crippen LogP contribution is 2.43. The van der Waals surface area contributed by atoms with Crippen LogP contribution in [0.15, 0.2) is 42.5 Å². The number of hydrogen-bond donors (Lipinski definition) is 1. The quantitative estimate of drug-likeness (QED) is 0.274. The third-order valence-corrected chi connectivity index (χ3v) is 6.90. The Kier molecular flexibility index (Phi) is 8.33. The molecule has 0 fully saturated rings. The van der Waals surface area contributed by atoms with Crippen molar-refractivity contribution in [2.45, 2.75) is 26.8 Å². The van der Waals surface area contributed by atoms with Crippen molar-refractivity contribution >= 4 is 21.8 Å². The van der Waals surface area contributed by atoms with Crippen LogP contribution >= 0.6 is 0 Å². The molecule has 0 amide bonds. The highest BCUT2D eigenvalue weighted by Gasteiger charge is 2.20. The first-order valence-corrected chi connectivity index (χ1v) is 12.7. The standard InChI is InChI=1S/C29H38N4O3/c1-7-33(8-2)15-11-14-30-19-21-18-23-22-12-9-10-13-24(22)32(3)28(23)27(31-21)20-16-25(34-4)29(36-6)26(17-20)35-5/h9-10,12-13,16-18,30H,7-8,11,14-15,19H2,1-6H3. The molecule has 0 radical (unpaired) electrons. The molecule has 0 unspecified atom stereocenters. The molecule has 0 saturated heterocycles. The predicted octanol–water partition coefficient (Wildman–Crippen LogP) is 5.24. The first kappa shape index (κ1) is 25.8. The minimum atomic E-state index is 0.572. The molecule has 2 heterocycles. The number of pyridine rings is 1. The SMILES string of the molecule is CCN(CC)CCCNCc1cc2c3ccccc3n(C)c2c(-c2cc(OC)c(OC)c(OC)c2)n1. The molecule has 0 spiro atoms. The van der Waals surface area contributed by atoms with Crippen molar-refractivity contribution in [1.82, 2.24) is 19.8 Å². The highest BCUT2D eigenvalue weighted by atomic mass is 16.5. The number of ether oxygens (including phenoxy) is 3. The lowest BCUT2D eigenvalue weighted by Gasteiger charge is -2.18. The number of aryl methyl sites for hydroxylation is 1. The van der Waals surface area contributed by atoms with Gasteiger partial charge < -0.3 is 29.0 Å². The van der Waals surface area contributed by atoms with Crippen molar-refractivity contribution in [3.63, 3.8) is 0 Å². The van der Waals surface area contributed by atoms with Crippen molar-refractivity contribution in [2.75, 3.05) is 47.5 Å². The number of fused-ring (bicyclic) bond motifs is 3. The van der Waals surface area contributed by atoms with Crippen LogP contribution < -0.4 is 19.5 Å². The summed E-state index contributed by atoms with van der Waals surface area (Å²) in [6.07, 6.45) is 1.11. The second kappa shape index (κ2) is 11.6. The number of rotatable bonds is 12. The lowest BCUT2D eigenvalue weighted by molar-refractivity contribution is 0.298. The van der Waals surface area contributed by atoms with Crippen LogP contribution in [-0.2, 0) is 13.6 Å². The minimum Gasteiger partial charge on any atom is -0.493 e. The van der Waals surface area contributed by atoms with Gasteiger partial charge in [-0.1, -0.05) is 32.0 Å². The summed E-state index contributed by atoms with van der Waals surface area (Å²) in [6.45, 7) is 9.37. The van der Waals surface area contributed by atoms with Gasteiger partial charge in [0.05, 0.1) is 38.2 Å². The molecule has 4 aromatic rings. The molecular weight excluding hydrogens is 452 g/mol. The van der Waals surface area contributed by atoms with E-state index in [9.17, 15) is 0 Å². The summed E-state index contributed by atoms with van der Waals surface area (Å²) in [7, 11) is 6.99. The average Bonchev–Trinajstić information content (AvgIpc) is 3.21. The van der Waals surface area contributed by atoms with Crippen molar-refractivity contribution in [1.29, 1.82) is 0 Å². The molecule has 0 aliphatic heterocycles. The monoisotopic (exact) mass is 490 g/mol. The molecule has 36 heavy (non-hydrogen) atoms. The van der Waals surface area contributed by atoms with E-state index in [2.05, 4.69) is 66.0 Å². The molecule has 0 atom stereocenters. The Labute approximate surface area is 214 Å². The van der Waals surface area contributed by atoms with E-state index in [1.165, 1.54) is 16.3 Å². The van der Waals surface area contributed by atoms with Crippen LogP contribution in [-0.4, -0.2) is 62.0 Å². The fraction of sp³-hybridized carbons (Fsp3) is 0.414. The Morgan fingerprint density at radius 3 is 2.25 bits per heavy atom. The number of hydrogen-bond acceptors (Lipinski definition) is 6. The van der Waals surface area contributed by atoms with Gasteiger partial charge >= 0.3 is 0 Å². The van der Waals surface area contributed by atoms with Crippen molar-refractivity contribution in [3.8, 4) is 28.5 Å². The molecule has 4 rings (SSSR count). The van der Waals surface area contributed by atoms with Gasteiger partial charge in [-0.25, -0.2) is 4.98 Å². The van der Waals surface area contributed by atoms with E-state index >= 15 is 0 Å². The maximum absolute atomic E-state index is 5.65. The van der Waals surface area contributed by atoms with E-state index in [4.69, 9.17) is 19.2 Å². The average molecular weight is 491 g/mol. The largest absolute Gasteiger partial charge is 0.493 e. The third kappa shape index (κ3) is 4.99. The summed E-state index contributed by atoms with van der Waals surface area (Å²) in [5, 5.41) is 6.00. The Morgan fingerprint density at radius 2 is 1.61 bits per heavy atom. The molecule has 2 aromatic heterocycles. The Bertz CT molecular complexity index is 1300. The zero-order chi connectivity index (χ0) is 25.7. The van der Waals surface area contributed by atoms with Gasteiger partial charge in [-0.3, -0.25) is 0 Å². The second-order valence-electron chi connectivity index (χ2n) is 8.91. The lowest BCUT2D eigenvalue weighted by atomic mass is 10.0. The fourth-order valence-corrected chi connectivity index (χ4v) is 4.94. The summed E-state index contributed by atoms with van der Waals surface area (Å²) in [5.74, 6) is 1.80. The Balaban J connectivity index is 1.77. The van der Waals surface area contributed by atoms with Crippen LogP contribution in [0.25, 0.3) is 33.1 Å². The molecule has 0 aliphatic carbocycles. The predicted molar refractivity (Wildman–Crippen MR) is 147 cm³/mol. The number of nitrogens with one attached hydrogen (secondary N) is 1. The van der Waals surface area contributed by atoms with E-state index in [1.807, 2.05) is 12.1 Å². The van der Waals surface area contributed by atoms with Crippen LogP contribution in [0.4, 0.5) is 0 Å². The fourth-order valence-electron chi connectivity index (χ4n) is 4.94. The number of para-hydroxylation sites is 1. The topological polar surface area (TPSA) is 60.8 Å². The molecule has 7 heteroatoms. The Hall–Kier alpha value is -3.29. The first-order chi connectivity index (χ1) is 17.6. The number of aromatic nitrogens is 2. The van der Waals surface area contributed by atoms with E-state index in [-0.39, 0.29) is 0 Å². The molecule has 0 saturated carbocycles. The van der Waals surface area contributed by atoms with Gasteiger partial charge in [0.25, 0.3) is 0 Å². The van der Waals surface area contributed by atoms with E-state index < -0.39 is 0 Å². The van der Waals surface area contributed by atoms with Gasteiger partial charge in [0, 0.05) is 35.4 Å². The van der Waals surface area contributed by atoms with Crippen molar-refractivity contribution in [3.05, 3.63) is 48.2 Å². The van der Waals surface area contributed by atoms with Crippen LogP contribution in [0, 0.1) is 0 Å². The number of methoxy groups -OCH3 is 3. The molecule has 2 aromatic carbocycles. The Morgan fingerprint density at radius 1 is 0.917 bits per heavy atom. The number of nitrogens with zero attached hydrogens (tertiary/aromatic N) is 3. The van der Waals surface area contributed by atoms with Gasteiger partial charge in [-0.2, -0.15) is 0 Å². The zero-order valence-electron chi connectivity index (χ0n) is 22.4. The highest BCUT2D eigenvalue weighted by molar-refractivity contribution is 6.12. The molecule has 0 aliphatic rings. The third-order valence-electron chi connectivity index (χ3n) is 6.90. The van der Waals surface area contributed by atoms with Crippen LogP contribution in [0.5, 0.6) is 17.2 Å². The second-order valence-corrected chi connectivity index (χ2v) is 8.91. The maximum Gasteiger partial charge on any atom is 0.203 e. The van der Waals surface area contributed by atoms with Gasteiger partial charge in [0.2, 0.25) is 5.75 Å². The zero-order valence-corrected chi connectivity index (χ0v) is 22.4.